The van der Waals surface area contributed by atoms with E-state index in [0.717, 1.165) is 27.5 Å². The molecule has 4 aromatic rings. The number of rotatable bonds is 2. The maximum absolute atomic E-state index is 5.97. The molecule has 0 aliphatic carbocycles. The van der Waals surface area contributed by atoms with E-state index >= 15 is 0 Å². The Hall–Kier alpha value is -2.88. The van der Waals surface area contributed by atoms with Gasteiger partial charge in [-0.1, -0.05) is 36.4 Å². The van der Waals surface area contributed by atoms with Gasteiger partial charge in [-0.05, 0) is 24.3 Å². The van der Waals surface area contributed by atoms with Gasteiger partial charge in [0, 0.05) is 10.8 Å². The number of hydrogen-bond acceptors (Lipinski definition) is 3. The Morgan fingerprint density at radius 3 is 2.67 bits per heavy atom. The molecule has 0 aliphatic heterocycles. The van der Waals surface area contributed by atoms with E-state index in [1.165, 1.54) is 0 Å². The second-order valence-electron chi connectivity index (χ2n) is 5.06. The van der Waals surface area contributed by atoms with Crippen LogP contribution in [0.15, 0.2) is 60.7 Å². The van der Waals surface area contributed by atoms with E-state index in [1.54, 1.807) is 0 Å². The van der Waals surface area contributed by atoms with Crippen LogP contribution in [0.1, 0.15) is 5.69 Å². The molecule has 4 rings (SSSR count). The lowest BCUT2D eigenvalue weighted by Crippen LogP contribution is -2.04. The minimum absolute atomic E-state index is 0.561. The molecule has 0 radical (unpaired) electrons. The average Bonchev–Trinajstić information content (AvgIpc) is 2.84. The molecule has 0 spiro atoms. The number of anilines is 1. The van der Waals surface area contributed by atoms with Gasteiger partial charge in [0.05, 0.1) is 23.3 Å². The topological polar surface area (TPSA) is 56.7 Å². The summed E-state index contributed by atoms with van der Waals surface area (Å²) in [4.78, 5) is 4.68. The Balaban J connectivity index is 1.79. The van der Waals surface area contributed by atoms with Crippen LogP contribution in [-0.4, -0.2) is 14.8 Å². The highest BCUT2D eigenvalue weighted by Gasteiger charge is 2.08. The van der Waals surface area contributed by atoms with E-state index < -0.39 is 0 Å². The van der Waals surface area contributed by atoms with E-state index in [9.17, 15) is 0 Å². The van der Waals surface area contributed by atoms with E-state index in [1.807, 2.05) is 53.2 Å². The molecule has 0 saturated heterocycles. The Kier molecular flexibility index (Phi) is 2.60. The number of nitrogen functional groups attached to an aromatic ring is 1. The zero-order chi connectivity index (χ0) is 14.2. The SMILES string of the molecule is Nc1nn(Cc2ccc3ccccc3n2)c2ccccc12. The number of fused-ring (bicyclic) bond motifs is 2. The van der Waals surface area contributed by atoms with Crippen molar-refractivity contribution in [1.82, 2.24) is 14.8 Å². The van der Waals surface area contributed by atoms with E-state index in [-0.39, 0.29) is 0 Å². The van der Waals surface area contributed by atoms with Gasteiger partial charge in [0.15, 0.2) is 5.82 Å². The lowest BCUT2D eigenvalue weighted by atomic mass is 10.2. The van der Waals surface area contributed by atoms with Crippen LogP contribution in [0, 0.1) is 0 Å². The summed E-state index contributed by atoms with van der Waals surface area (Å²) in [7, 11) is 0. The molecule has 102 valence electrons. The van der Waals surface area contributed by atoms with Crippen molar-refractivity contribution in [3.8, 4) is 0 Å². The van der Waals surface area contributed by atoms with Crippen molar-refractivity contribution in [2.24, 2.45) is 0 Å². The monoisotopic (exact) mass is 274 g/mol. The first kappa shape index (κ1) is 11.9. The average molecular weight is 274 g/mol. The predicted octanol–water partition coefficient (Wildman–Crippen LogP) is 3.22. The molecule has 2 aromatic heterocycles. The number of pyridine rings is 1. The normalized spacial score (nSPS) is 11.2. The van der Waals surface area contributed by atoms with Crippen LogP contribution < -0.4 is 5.73 Å². The zero-order valence-electron chi connectivity index (χ0n) is 11.4. The fourth-order valence-corrected chi connectivity index (χ4v) is 2.62. The minimum atomic E-state index is 0.561. The number of nitrogens with zero attached hydrogens (tertiary/aromatic N) is 3. The second-order valence-corrected chi connectivity index (χ2v) is 5.06. The standard InChI is InChI=1S/C17H14N4/c18-17-14-6-2-4-8-16(14)21(20-17)11-13-10-9-12-5-1-3-7-15(12)19-13/h1-10H,11H2,(H2,18,20). The van der Waals surface area contributed by atoms with Gasteiger partial charge in [-0.25, -0.2) is 0 Å². The van der Waals surface area contributed by atoms with Crippen LogP contribution in [0.2, 0.25) is 0 Å². The van der Waals surface area contributed by atoms with Gasteiger partial charge in [-0.3, -0.25) is 9.67 Å². The Morgan fingerprint density at radius 1 is 0.905 bits per heavy atom. The van der Waals surface area contributed by atoms with Gasteiger partial charge < -0.3 is 5.73 Å². The fourth-order valence-electron chi connectivity index (χ4n) is 2.62. The third kappa shape index (κ3) is 2.01. The van der Waals surface area contributed by atoms with Crippen molar-refractivity contribution < 1.29 is 0 Å². The number of nitrogens with two attached hydrogens (primary N) is 1. The molecular weight excluding hydrogens is 260 g/mol. The van der Waals surface area contributed by atoms with Gasteiger partial charge in [0.25, 0.3) is 0 Å². The van der Waals surface area contributed by atoms with Crippen molar-refractivity contribution in [1.29, 1.82) is 0 Å². The lowest BCUT2D eigenvalue weighted by Gasteiger charge is -2.04. The van der Waals surface area contributed by atoms with Crippen LogP contribution in [0.5, 0.6) is 0 Å². The first-order valence-corrected chi connectivity index (χ1v) is 6.87. The summed E-state index contributed by atoms with van der Waals surface area (Å²) in [5.41, 5.74) is 8.97. The fraction of sp³-hybridized carbons (Fsp3) is 0.0588. The smallest absolute Gasteiger partial charge is 0.153 e. The number of aromatic nitrogens is 3. The molecule has 4 nitrogen and oxygen atoms in total. The summed E-state index contributed by atoms with van der Waals surface area (Å²) in [6.45, 7) is 0.614. The van der Waals surface area contributed by atoms with Gasteiger partial charge in [-0.15, -0.1) is 0 Å². The third-order valence-corrected chi connectivity index (χ3v) is 3.65. The Bertz CT molecular complexity index is 940. The van der Waals surface area contributed by atoms with Crippen LogP contribution in [0.25, 0.3) is 21.8 Å². The first-order valence-electron chi connectivity index (χ1n) is 6.87. The largest absolute Gasteiger partial charge is 0.382 e. The Morgan fingerprint density at radius 2 is 1.71 bits per heavy atom. The molecule has 0 atom stereocenters. The van der Waals surface area contributed by atoms with Crippen LogP contribution in [-0.2, 0) is 6.54 Å². The predicted molar refractivity (Wildman–Crippen MR) is 85.0 cm³/mol. The maximum Gasteiger partial charge on any atom is 0.153 e. The maximum atomic E-state index is 5.97. The summed E-state index contributed by atoms with van der Waals surface area (Å²) in [6.07, 6.45) is 0. The third-order valence-electron chi connectivity index (χ3n) is 3.65. The van der Waals surface area contributed by atoms with Crippen molar-refractivity contribution in [3.63, 3.8) is 0 Å². The summed E-state index contributed by atoms with van der Waals surface area (Å²) in [5.74, 6) is 0.561. The zero-order valence-corrected chi connectivity index (χ0v) is 11.4. The Labute approximate surface area is 121 Å². The highest BCUT2D eigenvalue weighted by atomic mass is 15.3. The molecule has 2 heterocycles. The van der Waals surface area contributed by atoms with E-state index in [2.05, 4.69) is 22.2 Å². The molecule has 0 fully saturated rings. The van der Waals surface area contributed by atoms with Crippen molar-refractivity contribution in [3.05, 3.63) is 66.4 Å². The van der Waals surface area contributed by atoms with Gasteiger partial charge >= 0.3 is 0 Å². The molecule has 0 bridgehead atoms. The second kappa shape index (κ2) is 4.59. The molecule has 4 heteroatoms. The number of para-hydroxylation sites is 2. The number of hydrogen-bond donors (Lipinski definition) is 1. The van der Waals surface area contributed by atoms with Crippen LogP contribution in [0.4, 0.5) is 5.82 Å². The molecule has 0 amide bonds. The lowest BCUT2D eigenvalue weighted by molar-refractivity contribution is 0.702. The van der Waals surface area contributed by atoms with Crippen LogP contribution in [0.3, 0.4) is 0 Å². The summed E-state index contributed by atoms with van der Waals surface area (Å²) in [6, 6.07) is 20.2. The van der Waals surface area contributed by atoms with Crippen LogP contribution >= 0.6 is 0 Å². The van der Waals surface area contributed by atoms with Gasteiger partial charge in [0.1, 0.15) is 0 Å². The summed E-state index contributed by atoms with van der Waals surface area (Å²) >= 11 is 0. The molecule has 0 aliphatic rings. The quantitative estimate of drug-likeness (QED) is 0.610. The van der Waals surface area contributed by atoms with Gasteiger partial charge in [-0.2, -0.15) is 5.10 Å². The number of benzene rings is 2. The molecule has 0 unspecified atom stereocenters. The molecule has 0 saturated carbocycles. The summed E-state index contributed by atoms with van der Waals surface area (Å²) in [5, 5.41) is 6.55. The molecule has 2 N–H and O–H groups in total. The molecular formula is C17H14N4. The van der Waals surface area contributed by atoms with E-state index in [0.29, 0.717) is 12.4 Å². The highest BCUT2D eigenvalue weighted by molar-refractivity contribution is 5.89. The van der Waals surface area contributed by atoms with Crippen molar-refractivity contribution >= 4 is 27.6 Å². The van der Waals surface area contributed by atoms with Crippen molar-refractivity contribution in [2.45, 2.75) is 6.54 Å². The molecule has 21 heavy (non-hydrogen) atoms. The first-order chi connectivity index (χ1) is 10.3. The van der Waals surface area contributed by atoms with Crippen molar-refractivity contribution in [2.75, 3.05) is 5.73 Å². The highest BCUT2D eigenvalue weighted by Crippen LogP contribution is 2.21. The van der Waals surface area contributed by atoms with E-state index in [4.69, 9.17) is 5.73 Å². The minimum Gasteiger partial charge on any atom is -0.382 e. The summed E-state index contributed by atoms with van der Waals surface area (Å²) < 4.78 is 1.90. The molecule has 2 aromatic carbocycles. The van der Waals surface area contributed by atoms with Gasteiger partial charge in [0.2, 0.25) is 0 Å².